The largest absolute Gasteiger partial charge is 0.409 e. The molecule has 0 fully saturated rings. The summed E-state index contributed by atoms with van der Waals surface area (Å²) in [7, 11) is 0. The number of carbonyl (C=O) groups excluding carboxylic acids is 1. The van der Waals surface area contributed by atoms with E-state index < -0.39 is 0 Å². The number of aromatic nitrogens is 1. The van der Waals surface area contributed by atoms with Gasteiger partial charge in [0, 0.05) is 29.4 Å². The fourth-order valence-electron chi connectivity index (χ4n) is 1.22. The van der Waals surface area contributed by atoms with E-state index in [-0.39, 0.29) is 17.5 Å². The van der Waals surface area contributed by atoms with Crippen LogP contribution in [0.2, 0.25) is 0 Å². The van der Waals surface area contributed by atoms with Crippen LogP contribution in [0.5, 0.6) is 0 Å². The average Bonchev–Trinajstić information content (AvgIpc) is 2.42. The lowest BCUT2D eigenvalue weighted by molar-refractivity contribution is -0.118. The summed E-state index contributed by atoms with van der Waals surface area (Å²) < 4.78 is 0. The number of nitrogens with two attached hydrogens (primary N) is 1. The van der Waals surface area contributed by atoms with Crippen LogP contribution in [0.25, 0.3) is 0 Å². The zero-order valence-corrected chi connectivity index (χ0v) is 10.9. The van der Waals surface area contributed by atoms with E-state index >= 15 is 0 Å². The van der Waals surface area contributed by atoms with Gasteiger partial charge in [-0.05, 0) is 12.5 Å². The first kappa shape index (κ1) is 14.3. The van der Waals surface area contributed by atoms with Gasteiger partial charge in [-0.1, -0.05) is 12.1 Å². The summed E-state index contributed by atoms with van der Waals surface area (Å²) in [6, 6.07) is 1.64. The normalized spacial score (nSPS) is 11.3. The molecule has 0 bridgehead atoms. The van der Waals surface area contributed by atoms with Crippen molar-refractivity contribution in [3.63, 3.8) is 0 Å². The zero-order valence-electron chi connectivity index (χ0n) is 10.1. The summed E-state index contributed by atoms with van der Waals surface area (Å²) in [4.78, 5) is 16.1. The van der Waals surface area contributed by atoms with Gasteiger partial charge in [-0.15, -0.1) is 11.8 Å². The molecule has 1 aromatic heterocycles. The summed E-state index contributed by atoms with van der Waals surface area (Å²) in [5.41, 5.74) is 6.11. The van der Waals surface area contributed by atoms with Crippen molar-refractivity contribution < 1.29 is 10.0 Å². The molecule has 1 heterocycles. The number of amides is 1. The number of rotatable bonds is 6. The predicted octanol–water partition coefficient (Wildman–Crippen LogP) is 0.794. The Balaban J connectivity index is 2.65. The molecule has 0 aliphatic carbocycles. The van der Waals surface area contributed by atoms with Crippen LogP contribution in [0.4, 0.5) is 0 Å². The molecule has 0 spiro atoms. The highest BCUT2D eigenvalue weighted by atomic mass is 32.2. The van der Waals surface area contributed by atoms with Crippen molar-refractivity contribution in [2.45, 2.75) is 18.2 Å². The van der Waals surface area contributed by atoms with Crippen LogP contribution in [0.3, 0.4) is 0 Å². The molecule has 6 nitrogen and oxygen atoms in total. The molecule has 0 aliphatic rings. The highest BCUT2D eigenvalue weighted by molar-refractivity contribution is 8.00. The van der Waals surface area contributed by atoms with Crippen molar-refractivity contribution in [1.82, 2.24) is 10.3 Å². The van der Waals surface area contributed by atoms with Crippen LogP contribution in [-0.4, -0.2) is 34.2 Å². The summed E-state index contributed by atoms with van der Waals surface area (Å²) in [5, 5.41) is 14.4. The fourth-order valence-corrected chi connectivity index (χ4v) is 2.07. The fraction of sp³-hybridized carbons (Fsp3) is 0.364. The van der Waals surface area contributed by atoms with Crippen LogP contribution in [0.1, 0.15) is 18.9 Å². The van der Waals surface area contributed by atoms with Crippen molar-refractivity contribution in [2.75, 3.05) is 12.3 Å². The molecular weight excluding hydrogens is 252 g/mol. The molecule has 1 aromatic rings. The van der Waals surface area contributed by atoms with Gasteiger partial charge in [0.05, 0.1) is 5.75 Å². The van der Waals surface area contributed by atoms with E-state index in [9.17, 15) is 4.79 Å². The van der Waals surface area contributed by atoms with E-state index in [1.807, 2.05) is 6.92 Å². The third kappa shape index (κ3) is 4.25. The maximum atomic E-state index is 11.5. The van der Waals surface area contributed by atoms with Gasteiger partial charge in [0.1, 0.15) is 0 Å². The first-order valence-electron chi connectivity index (χ1n) is 5.50. The topological polar surface area (TPSA) is 101 Å². The molecule has 1 amide bonds. The Morgan fingerprint density at radius 2 is 2.44 bits per heavy atom. The molecule has 0 radical (unpaired) electrons. The molecule has 0 aromatic carbocycles. The van der Waals surface area contributed by atoms with Gasteiger partial charge in [0.25, 0.3) is 0 Å². The number of nitrogens with zero attached hydrogens (tertiary/aromatic N) is 2. The molecule has 4 N–H and O–H groups in total. The number of hydrogen-bond donors (Lipinski definition) is 3. The van der Waals surface area contributed by atoms with Crippen molar-refractivity contribution in [3.05, 3.63) is 24.0 Å². The molecule has 0 aliphatic heterocycles. The summed E-state index contributed by atoms with van der Waals surface area (Å²) >= 11 is 1.30. The monoisotopic (exact) mass is 268 g/mol. The summed E-state index contributed by atoms with van der Waals surface area (Å²) in [6.07, 6.45) is 4.04. The highest BCUT2D eigenvalue weighted by Crippen LogP contribution is 2.21. The van der Waals surface area contributed by atoms with Gasteiger partial charge in [-0.25, -0.2) is 0 Å². The molecule has 0 saturated carbocycles. The third-order valence-electron chi connectivity index (χ3n) is 2.10. The van der Waals surface area contributed by atoms with Gasteiger partial charge < -0.3 is 16.3 Å². The van der Waals surface area contributed by atoms with Crippen LogP contribution in [-0.2, 0) is 4.79 Å². The lowest BCUT2D eigenvalue weighted by Crippen LogP contribution is -2.25. The minimum Gasteiger partial charge on any atom is -0.409 e. The maximum Gasteiger partial charge on any atom is 0.230 e. The standard InChI is InChI=1S/C11H16N4O2S/c1-2-4-14-10(16)7-18-9-6-13-5-3-8(9)11(12)15-17/h3,5-6,17H,2,4,7H2,1H3,(H2,12,15)(H,14,16). The molecule has 98 valence electrons. The second-order valence-corrected chi connectivity index (χ2v) is 4.51. The first-order valence-corrected chi connectivity index (χ1v) is 6.49. The second kappa shape index (κ2) is 7.54. The Morgan fingerprint density at radius 1 is 1.67 bits per heavy atom. The number of oxime groups is 1. The van der Waals surface area contributed by atoms with Gasteiger partial charge >= 0.3 is 0 Å². The Hall–Kier alpha value is -1.76. The van der Waals surface area contributed by atoms with E-state index in [0.717, 1.165) is 6.42 Å². The van der Waals surface area contributed by atoms with E-state index in [2.05, 4.69) is 15.5 Å². The average molecular weight is 268 g/mol. The Labute approximate surface area is 110 Å². The van der Waals surface area contributed by atoms with E-state index in [0.29, 0.717) is 17.0 Å². The van der Waals surface area contributed by atoms with Crippen molar-refractivity contribution >= 4 is 23.5 Å². The molecular formula is C11H16N4O2S. The molecule has 7 heteroatoms. The van der Waals surface area contributed by atoms with Crippen LogP contribution < -0.4 is 11.1 Å². The van der Waals surface area contributed by atoms with Crippen molar-refractivity contribution in [3.8, 4) is 0 Å². The van der Waals surface area contributed by atoms with Crippen molar-refractivity contribution in [1.29, 1.82) is 0 Å². The third-order valence-corrected chi connectivity index (χ3v) is 3.14. The molecule has 0 saturated heterocycles. The smallest absolute Gasteiger partial charge is 0.230 e. The Bertz CT molecular complexity index is 437. The predicted molar refractivity (Wildman–Crippen MR) is 70.8 cm³/mol. The van der Waals surface area contributed by atoms with Crippen LogP contribution in [0, 0.1) is 0 Å². The highest BCUT2D eigenvalue weighted by Gasteiger charge is 2.09. The first-order chi connectivity index (χ1) is 8.69. The lowest BCUT2D eigenvalue weighted by atomic mass is 10.2. The number of nitrogens with one attached hydrogen (secondary N) is 1. The Morgan fingerprint density at radius 3 is 3.11 bits per heavy atom. The molecule has 18 heavy (non-hydrogen) atoms. The zero-order chi connectivity index (χ0) is 13.4. The van der Waals surface area contributed by atoms with Gasteiger partial charge in [-0.3, -0.25) is 9.78 Å². The number of pyridine rings is 1. The summed E-state index contributed by atoms with van der Waals surface area (Å²) in [6.45, 7) is 2.66. The number of amidine groups is 1. The minimum absolute atomic E-state index is 0.00821. The second-order valence-electron chi connectivity index (χ2n) is 3.50. The van der Waals surface area contributed by atoms with Crippen LogP contribution in [0.15, 0.2) is 28.5 Å². The van der Waals surface area contributed by atoms with Gasteiger partial charge in [-0.2, -0.15) is 0 Å². The van der Waals surface area contributed by atoms with Gasteiger partial charge in [0.15, 0.2) is 5.84 Å². The van der Waals surface area contributed by atoms with E-state index in [4.69, 9.17) is 10.9 Å². The SMILES string of the molecule is CCCNC(=O)CSc1cnccc1/C(N)=N/O. The molecule has 0 unspecified atom stereocenters. The quantitative estimate of drug-likeness (QED) is 0.233. The molecule has 0 atom stereocenters. The summed E-state index contributed by atoms with van der Waals surface area (Å²) in [5.74, 6) is 0.238. The van der Waals surface area contributed by atoms with Gasteiger partial charge in [0.2, 0.25) is 5.91 Å². The number of carbonyl (C=O) groups is 1. The Kier molecular flexibility index (Phi) is 5.99. The lowest BCUT2D eigenvalue weighted by Gasteiger charge is -2.07. The van der Waals surface area contributed by atoms with Crippen molar-refractivity contribution in [2.24, 2.45) is 10.9 Å². The van der Waals surface area contributed by atoms with E-state index in [1.54, 1.807) is 18.5 Å². The minimum atomic E-state index is -0.0452. The van der Waals surface area contributed by atoms with Crippen LogP contribution >= 0.6 is 11.8 Å². The molecule has 1 rings (SSSR count). The maximum absolute atomic E-state index is 11.5. The number of thioether (sulfide) groups is 1. The number of hydrogen-bond acceptors (Lipinski definition) is 5. The van der Waals surface area contributed by atoms with E-state index in [1.165, 1.54) is 11.8 Å².